The third kappa shape index (κ3) is 2.68. The molecule has 1 heterocycles. The van der Waals surface area contributed by atoms with Gasteiger partial charge in [-0.2, -0.15) is 0 Å². The third-order valence-corrected chi connectivity index (χ3v) is 3.86. The summed E-state index contributed by atoms with van der Waals surface area (Å²) in [5, 5.41) is 0.785. The Balaban J connectivity index is 2.29. The van der Waals surface area contributed by atoms with E-state index in [-0.39, 0.29) is 0 Å². The Labute approximate surface area is 109 Å². The van der Waals surface area contributed by atoms with E-state index in [4.69, 9.17) is 17.3 Å². The first kappa shape index (κ1) is 12.6. The first-order valence-electron chi connectivity index (χ1n) is 6.54. The van der Waals surface area contributed by atoms with Crippen LogP contribution in [0.5, 0.6) is 0 Å². The van der Waals surface area contributed by atoms with Crippen molar-refractivity contribution in [1.29, 1.82) is 0 Å². The Morgan fingerprint density at radius 1 is 1.41 bits per heavy atom. The van der Waals surface area contributed by atoms with Crippen LogP contribution in [0.3, 0.4) is 0 Å². The number of rotatable bonds is 3. The van der Waals surface area contributed by atoms with Crippen LogP contribution in [0.1, 0.15) is 39.0 Å². The van der Waals surface area contributed by atoms with E-state index < -0.39 is 0 Å². The predicted octanol–water partition coefficient (Wildman–Crippen LogP) is 4.08. The van der Waals surface area contributed by atoms with E-state index in [9.17, 15) is 0 Å². The molecule has 0 spiro atoms. The summed E-state index contributed by atoms with van der Waals surface area (Å²) in [6, 6.07) is 6.40. The minimum absolute atomic E-state index is 0.607. The average Bonchev–Trinajstić information content (AvgIpc) is 2.31. The quantitative estimate of drug-likeness (QED) is 0.822. The van der Waals surface area contributed by atoms with Gasteiger partial charge in [-0.25, -0.2) is 0 Å². The molecule has 0 amide bonds. The van der Waals surface area contributed by atoms with Crippen molar-refractivity contribution in [3.63, 3.8) is 0 Å². The van der Waals surface area contributed by atoms with Crippen molar-refractivity contribution >= 4 is 23.0 Å². The molecule has 0 saturated carbocycles. The fraction of sp³-hybridized carbons (Fsp3) is 0.571. The second kappa shape index (κ2) is 5.63. The molecule has 1 aromatic carbocycles. The molecule has 3 heteroatoms. The maximum absolute atomic E-state index is 6.31. The predicted molar refractivity (Wildman–Crippen MR) is 75.8 cm³/mol. The highest BCUT2D eigenvalue weighted by Gasteiger charge is 2.24. The van der Waals surface area contributed by atoms with Gasteiger partial charge in [0.05, 0.1) is 16.4 Å². The minimum atomic E-state index is 0.607. The van der Waals surface area contributed by atoms with Gasteiger partial charge in [-0.15, -0.1) is 0 Å². The lowest BCUT2D eigenvalue weighted by Crippen LogP contribution is -2.40. The van der Waals surface area contributed by atoms with E-state index in [1.807, 2.05) is 18.2 Å². The number of benzene rings is 1. The van der Waals surface area contributed by atoms with E-state index in [2.05, 4.69) is 11.8 Å². The van der Waals surface area contributed by atoms with Gasteiger partial charge >= 0.3 is 0 Å². The third-order valence-electron chi connectivity index (χ3n) is 3.55. The standard InChI is InChI=1S/C14H21ClN2/c1-2-6-11-7-3-4-10-17(11)14-12(15)8-5-9-13(14)16/h5,8-9,11H,2-4,6-7,10,16H2,1H3. The Kier molecular flexibility index (Phi) is 4.16. The molecule has 17 heavy (non-hydrogen) atoms. The monoisotopic (exact) mass is 252 g/mol. The largest absolute Gasteiger partial charge is 0.397 e. The zero-order valence-electron chi connectivity index (χ0n) is 10.5. The SMILES string of the molecule is CCCC1CCCCN1c1c(N)cccc1Cl. The highest BCUT2D eigenvalue weighted by atomic mass is 35.5. The smallest absolute Gasteiger partial charge is 0.0791 e. The number of hydrogen-bond acceptors (Lipinski definition) is 2. The second-order valence-corrected chi connectivity index (χ2v) is 5.22. The average molecular weight is 253 g/mol. The molecule has 1 fully saturated rings. The Bertz CT molecular complexity index is 356. The number of nitrogens with zero attached hydrogens (tertiary/aromatic N) is 1. The number of nitrogens with two attached hydrogens (primary N) is 1. The van der Waals surface area contributed by atoms with Crippen LogP contribution in [0.25, 0.3) is 0 Å². The molecule has 1 aromatic rings. The summed E-state index contributed by atoms with van der Waals surface area (Å²) < 4.78 is 0. The van der Waals surface area contributed by atoms with Gasteiger partial charge in [0, 0.05) is 12.6 Å². The summed E-state index contributed by atoms with van der Waals surface area (Å²) >= 11 is 6.31. The van der Waals surface area contributed by atoms with E-state index in [0.29, 0.717) is 6.04 Å². The number of anilines is 2. The van der Waals surface area contributed by atoms with Crippen LogP contribution in [0.2, 0.25) is 5.02 Å². The molecule has 1 saturated heterocycles. The molecule has 2 rings (SSSR count). The van der Waals surface area contributed by atoms with Crippen LogP contribution in [-0.2, 0) is 0 Å². The summed E-state index contributed by atoms with van der Waals surface area (Å²) in [4.78, 5) is 2.42. The lowest BCUT2D eigenvalue weighted by molar-refractivity contribution is 0.435. The highest BCUT2D eigenvalue weighted by molar-refractivity contribution is 6.34. The molecule has 94 valence electrons. The van der Waals surface area contributed by atoms with Gasteiger partial charge in [0.15, 0.2) is 0 Å². The van der Waals surface area contributed by atoms with Gasteiger partial charge in [-0.1, -0.05) is 31.0 Å². The van der Waals surface area contributed by atoms with Gasteiger partial charge < -0.3 is 10.6 Å². The lowest BCUT2D eigenvalue weighted by Gasteiger charge is -2.38. The van der Waals surface area contributed by atoms with Crippen LogP contribution in [-0.4, -0.2) is 12.6 Å². The molecule has 1 aliphatic rings. The number of nitrogen functional groups attached to an aromatic ring is 1. The summed E-state index contributed by atoms with van der Waals surface area (Å²) in [5.41, 5.74) is 7.94. The van der Waals surface area contributed by atoms with Gasteiger partial charge in [0.2, 0.25) is 0 Å². The molecule has 0 aliphatic carbocycles. The Morgan fingerprint density at radius 2 is 2.24 bits per heavy atom. The molecule has 1 unspecified atom stereocenters. The maximum Gasteiger partial charge on any atom is 0.0791 e. The summed E-state index contributed by atoms with van der Waals surface area (Å²) in [6.45, 7) is 3.32. The topological polar surface area (TPSA) is 29.3 Å². The lowest BCUT2D eigenvalue weighted by atomic mass is 9.97. The molecular weight excluding hydrogens is 232 g/mol. The van der Waals surface area contributed by atoms with Crippen LogP contribution >= 0.6 is 11.6 Å². The van der Waals surface area contributed by atoms with Crippen molar-refractivity contribution in [3.8, 4) is 0 Å². The highest BCUT2D eigenvalue weighted by Crippen LogP contribution is 2.36. The van der Waals surface area contributed by atoms with Gasteiger partial charge in [0.1, 0.15) is 0 Å². The van der Waals surface area contributed by atoms with Gasteiger partial charge in [0.25, 0.3) is 0 Å². The van der Waals surface area contributed by atoms with E-state index in [1.165, 1.54) is 32.1 Å². The van der Waals surface area contributed by atoms with Crippen molar-refractivity contribution in [3.05, 3.63) is 23.2 Å². The fourth-order valence-electron chi connectivity index (χ4n) is 2.76. The van der Waals surface area contributed by atoms with Crippen LogP contribution < -0.4 is 10.6 Å². The van der Waals surface area contributed by atoms with Crippen molar-refractivity contribution < 1.29 is 0 Å². The van der Waals surface area contributed by atoms with Gasteiger partial charge in [-0.05, 0) is 37.8 Å². The van der Waals surface area contributed by atoms with Crippen molar-refractivity contribution in [2.24, 2.45) is 0 Å². The maximum atomic E-state index is 6.31. The molecule has 0 bridgehead atoms. The summed E-state index contributed by atoms with van der Waals surface area (Å²) in [5.74, 6) is 0. The molecule has 0 aromatic heterocycles. The molecule has 1 aliphatic heterocycles. The van der Waals surface area contributed by atoms with Crippen LogP contribution in [0.4, 0.5) is 11.4 Å². The zero-order chi connectivity index (χ0) is 12.3. The first-order valence-corrected chi connectivity index (χ1v) is 6.92. The van der Waals surface area contributed by atoms with E-state index in [0.717, 1.165) is 22.9 Å². The summed E-state index contributed by atoms with van der Waals surface area (Å²) in [6.07, 6.45) is 6.27. The van der Waals surface area contributed by atoms with Crippen molar-refractivity contribution in [1.82, 2.24) is 0 Å². The molecule has 0 radical (unpaired) electrons. The summed E-state index contributed by atoms with van der Waals surface area (Å²) in [7, 11) is 0. The number of piperidine rings is 1. The number of halogens is 1. The Morgan fingerprint density at radius 3 is 2.94 bits per heavy atom. The van der Waals surface area contributed by atoms with E-state index in [1.54, 1.807) is 0 Å². The zero-order valence-corrected chi connectivity index (χ0v) is 11.2. The van der Waals surface area contributed by atoms with E-state index >= 15 is 0 Å². The van der Waals surface area contributed by atoms with Crippen molar-refractivity contribution in [2.75, 3.05) is 17.2 Å². The fourth-order valence-corrected chi connectivity index (χ4v) is 3.05. The Hall–Kier alpha value is -0.890. The second-order valence-electron chi connectivity index (χ2n) is 4.81. The molecule has 1 atom stereocenters. The first-order chi connectivity index (χ1) is 8.24. The van der Waals surface area contributed by atoms with Gasteiger partial charge in [-0.3, -0.25) is 0 Å². The number of para-hydroxylation sites is 1. The number of hydrogen-bond donors (Lipinski definition) is 1. The molecular formula is C14H21ClN2. The normalized spacial score (nSPS) is 20.6. The van der Waals surface area contributed by atoms with Crippen LogP contribution in [0, 0.1) is 0 Å². The minimum Gasteiger partial charge on any atom is -0.397 e. The van der Waals surface area contributed by atoms with Crippen molar-refractivity contribution in [2.45, 2.75) is 45.1 Å². The molecule has 2 nitrogen and oxygen atoms in total. The molecule has 2 N–H and O–H groups in total. The van der Waals surface area contributed by atoms with Crippen LogP contribution in [0.15, 0.2) is 18.2 Å².